The van der Waals surface area contributed by atoms with Gasteiger partial charge in [0.2, 0.25) is 0 Å². The number of ketones is 1. The van der Waals surface area contributed by atoms with Crippen LogP contribution in [0.4, 0.5) is 0 Å². The smallest absolute Gasteiger partial charge is 0.257 e. The van der Waals surface area contributed by atoms with Crippen LogP contribution in [0.15, 0.2) is 4.99 Å². The Morgan fingerprint density at radius 3 is 2.00 bits per heavy atom. The summed E-state index contributed by atoms with van der Waals surface area (Å²) in [4.78, 5) is 31.2. The Labute approximate surface area is 159 Å². The van der Waals surface area contributed by atoms with E-state index in [1.54, 1.807) is 4.90 Å². The van der Waals surface area contributed by atoms with Crippen molar-refractivity contribution in [3.8, 4) is 0 Å². The molecule has 1 heterocycles. The number of guanidine groups is 1. The van der Waals surface area contributed by atoms with E-state index in [1.807, 2.05) is 0 Å². The summed E-state index contributed by atoms with van der Waals surface area (Å²) in [6.07, 6.45) is 11.8. The number of carbonyl (C=O) groups is 2. The second-order valence-electron chi connectivity index (χ2n) is 7.62. The highest BCUT2D eigenvalue weighted by Gasteiger charge is 2.46. The van der Waals surface area contributed by atoms with Gasteiger partial charge < -0.3 is 5.73 Å². The molecular formula is C21H39N3O2. The van der Waals surface area contributed by atoms with E-state index >= 15 is 0 Å². The van der Waals surface area contributed by atoms with Gasteiger partial charge in [-0.05, 0) is 32.1 Å². The second-order valence-corrected chi connectivity index (χ2v) is 7.62. The van der Waals surface area contributed by atoms with Crippen LogP contribution in [0.5, 0.6) is 0 Å². The van der Waals surface area contributed by atoms with Gasteiger partial charge in [0.25, 0.3) is 5.91 Å². The standard InChI is InChI=1S/C21H39N3O2/c1-4-7-10-13-18(25)14-11-12-17-24-19(26)21(15-8-5-2,16-9-6-3)23-20(24)22/h4-17H2,1-3H3,(H2,22,23). The Balaban J connectivity index is 2.49. The van der Waals surface area contributed by atoms with Crippen molar-refractivity contribution in [2.24, 2.45) is 10.7 Å². The first-order chi connectivity index (χ1) is 12.5. The molecule has 0 radical (unpaired) electrons. The predicted molar refractivity (Wildman–Crippen MR) is 108 cm³/mol. The van der Waals surface area contributed by atoms with E-state index in [-0.39, 0.29) is 5.91 Å². The monoisotopic (exact) mass is 365 g/mol. The van der Waals surface area contributed by atoms with Gasteiger partial charge in [0, 0.05) is 19.4 Å². The molecule has 0 saturated carbocycles. The first-order valence-corrected chi connectivity index (χ1v) is 10.7. The zero-order valence-electron chi connectivity index (χ0n) is 17.2. The van der Waals surface area contributed by atoms with E-state index in [9.17, 15) is 9.59 Å². The van der Waals surface area contributed by atoms with Gasteiger partial charge in [0.05, 0.1) is 0 Å². The Hall–Kier alpha value is -1.39. The molecule has 5 heteroatoms. The minimum Gasteiger partial charge on any atom is -0.369 e. The summed E-state index contributed by atoms with van der Waals surface area (Å²) in [5.74, 6) is 0.788. The average Bonchev–Trinajstić information content (AvgIpc) is 2.86. The minimum atomic E-state index is -0.633. The summed E-state index contributed by atoms with van der Waals surface area (Å²) in [7, 11) is 0. The zero-order valence-corrected chi connectivity index (χ0v) is 17.2. The lowest BCUT2D eigenvalue weighted by Gasteiger charge is -2.26. The van der Waals surface area contributed by atoms with Crippen LogP contribution in [-0.4, -0.2) is 34.6 Å². The van der Waals surface area contributed by atoms with Gasteiger partial charge in [0.1, 0.15) is 11.3 Å². The van der Waals surface area contributed by atoms with Crippen molar-refractivity contribution in [1.82, 2.24) is 4.90 Å². The van der Waals surface area contributed by atoms with Crippen LogP contribution < -0.4 is 5.73 Å². The molecule has 0 aliphatic carbocycles. The number of hydrogen-bond donors (Lipinski definition) is 1. The molecular weight excluding hydrogens is 326 g/mol. The third-order valence-corrected chi connectivity index (χ3v) is 5.28. The lowest BCUT2D eigenvalue weighted by molar-refractivity contribution is -0.131. The number of hydrogen-bond acceptors (Lipinski definition) is 4. The van der Waals surface area contributed by atoms with Crippen LogP contribution in [0, 0.1) is 0 Å². The van der Waals surface area contributed by atoms with Gasteiger partial charge >= 0.3 is 0 Å². The highest BCUT2D eigenvalue weighted by atomic mass is 16.2. The number of amides is 1. The van der Waals surface area contributed by atoms with E-state index in [4.69, 9.17) is 5.73 Å². The topological polar surface area (TPSA) is 75.8 Å². The van der Waals surface area contributed by atoms with Crippen molar-refractivity contribution in [3.05, 3.63) is 0 Å². The molecule has 1 aliphatic rings. The van der Waals surface area contributed by atoms with Crippen molar-refractivity contribution < 1.29 is 9.59 Å². The molecule has 150 valence electrons. The highest BCUT2D eigenvalue weighted by Crippen LogP contribution is 2.33. The van der Waals surface area contributed by atoms with Crippen molar-refractivity contribution in [2.45, 2.75) is 110 Å². The van der Waals surface area contributed by atoms with Crippen LogP contribution in [0.2, 0.25) is 0 Å². The molecule has 0 fully saturated rings. The molecule has 0 bridgehead atoms. The quantitative estimate of drug-likeness (QED) is 0.431. The van der Waals surface area contributed by atoms with Crippen LogP contribution in [0.25, 0.3) is 0 Å². The lowest BCUT2D eigenvalue weighted by Crippen LogP contribution is -2.44. The second kappa shape index (κ2) is 12.1. The number of nitrogens with two attached hydrogens (primary N) is 1. The molecule has 0 saturated heterocycles. The molecule has 2 N–H and O–H groups in total. The van der Waals surface area contributed by atoms with Crippen molar-refractivity contribution in [1.29, 1.82) is 0 Å². The Bertz CT molecular complexity index is 466. The number of rotatable bonds is 15. The van der Waals surface area contributed by atoms with Crippen LogP contribution in [-0.2, 0) is 9.59 Å². The first kappa shape index (κ1) is 22.7. The number of aliphatic imine (C=N–C) groups is 1. The fraction of sp³-hybridized carbons (Fsp3) is 0.857. The summed E-state index contributed by atoms with van der Waals surface area (Å²) in [6.45, 7) is 6.99. The lowest BCUT2D eigenvalue weighted by atomic mass is 9.87. The maximum absolute atomic E-state index is 13.0. The summed E-state index contributed by atoms with van der Waals surface area (Å²) in [5, 5.41) is 0. The van der Waals surface area contributed by atoms with Crippen LogP contribution in [0.1, 0.15) is 104 Å². The van der Waals surface area contributed by atoms with Crippen molar-refractivity contribution in [2.75, 3.05) is 6.54 Å². The fourth-order valence-corrected chi connectivity index (χ4v) is 3.58. The minimum absolute atomic E-state index is 0.0752. The fourth-order valence-electron chi connectivity index (χ4n) is 3.58. The number of nitrogens with zero attached hydrogens (tertiary/aromatic N) is 2. The Morgan fingerprint density at radius 1 is 0.923 bits per heavy atom. The summed E-state index contributed by atoms with van der Waals surface area (Å²) >= 11 is 0. The number of carbonyl (C=O) groups excluding carboxylic acids is 2. The molecule has 0 aromatic carbocycles. The van der Waals surface area contributed by atoms with E-state index in [2.05, 4.69) is 25.8 Å². The maximum Gasteiger partial charge on any atom is 0.257 e. The maximum atomic E-state index is 13.0. The van der Waals surface area contributed by atoms with E-state index < -0.39 is 5.54 Å². The molecule has 0 atom stereocenters. The van der Waals surface area contributed by atoms with Gasteiger partial charge in [-0.2, -0.15) is 0 Å². The Kier molecular flexibility index (Phi) is 10.5. The molecule has 1 rings (SSSR count). The molecule has 0 aromatic heterocycles. The van der Waals surface area contributed by atoms with Gasteiger partial charge in [-0.1, -0.05) is 59.3 Å². The molecule has 1 amide bonds. The van der Waals surface area contributed by atoms with E-state index in [0.717, 1.165) is 70.6 Å². The molecule has 0 unspecified atom stereocenters. The zero-order chi connectivity index (χ0) is 19.4. The van der Waals surface area contributed by atoms with Crippen molar-refractivity contribution >= 4 is 17.6 Å². The van der Waals surface area contributed by atoms with Crippen molar-refractivity contribution in [3.63, 3.8) is 0 Å². The normalized spacial score (nSPS) is 16.2. The SMILES string of the molecule is CCCCCC(=O)CCCCN1C(=O)C(CCCC)(CCCC)N=C1N. The number of Topliss-reactive ketones (excluding diaryl/α,β-unsaturated/α-hetero) is 1. The summed E-state index contributed by atoms with van der Waals surface area (Å²) in [6, 6.07) is 0. The molecule has 26 heavy (non-hydrogen) atoms. The number of unbranched alkanes of at least 4 members (excludes halogenated alkanes) is 5. The van der Waals surface area contributed by atoms with Crippen LogP contribution in [0.3, 0.4) is 0 Å². The highest BCUT2D eigenvalue weighted by molar-refractivity contribution is 6.06. The first-order valence-electron chi connectivity index (χ1n) is 10.7. The summed E-state index contributed by atoms with van der Waals surface area (Å²) < 4.78 is 0. The largest absolute Gasteiger partial charge is 0.369 e. The summed E-state index contributed by atoms with van der Waals surface area (Å²) in [5.41, 5.74) is 5.47. The molecule has 0 aromatic rings. The van der Waals surface area contributed by atoms with Crippen LogP contribution >= 0.6 is 0 Å². The van der Waals surface area contributed by atoms with Gasteiger partial charge in [-0.3, -0.25) is 14.5 Å². The Morgan fingerprint density at radius 2 is 1.46 bits per heavy atom. The van der Waals surface area contributed by atoms with E-state index in [1.165, 1.54) is 0 Å². The average molecular weight is 366 g/mol. The van der Waals surface area contributed by atoms with Gasteiger partial charge in [0.15, 0.2) is 5.96 Å². The van der Waals surface area contributed by atoms with Gasteiger partial charge in [-0.25, -0.2) is 4.99 Å². The molecule has 1 aliphatic heterocycles. The third kappa shape index (κ3) is 6.73. The van der Waals surface area contributed by atoms with Gasteiger partial charge in [-0.15, -0.1) is 0 Å². The van der Waals surface area contributed by atoms with E-state index in [0.29, 0.717) is 31.1 Å². The predicted octanol–water partition coefficient (Wildman–Crippen LogP) is 4.58. The molecule has 0 spiro atoms. The molecule has 5 nitrogen and oxygen atoms in total. The third-order valence-electron chi connectivity index (χ3n) is 5.28.